The van der Waals surface area contributed by atoms with E-state index in [0.717, 1.165) is 24.8 Å². The van der Waals surface area contributed by atoms with Crippen molar-refractivity contribution in [3.63, 3.8) is 0 Å². The lowest BCUT2D eigenvalue weighted by Gasteiger charge is -2.14. The minimum absolute atomic E-state index is 0.0329. The molecule has 1 aliphatic heterocycles. The molecule has 1 aromatic heterocycles. The number of thiocarbonyl (C=S) groups is 1. The van der Waals surface area contributed by atoms with Crippen LogP contribution in [0.3, 0.4) is 0 Å². The monoisotopic (exact) mass is 445 g/mol. The van der Waals surface area contributed by atoms with E-state index in [9.17, 15) is 9.59 Å². The Morgan fingerprint density at radius 3 is 2.72 bits per heavy atom. The van der Waals surface area contributed by atoms with E-state index in [1.807, 2.05) is 18.2 Å². The molecule has 2 aromatic rings. The van der Waals surface area contributed by atoms with Crippen LogP contribution in [-0.4, -0.2) is 32.6 Å². The van der Waals surface area contributed by atoms with Gasteiger partial charge in [-0.05, 0) is 48.7 Å². The van der Waals surface area contributed by atoms with Crippen molar-refractivity contribution >= 4 is 63.5 Å². The normalized spacial score (nSPS) is 15.2. The Morgan fingerprint density at radius 2 is 2.00 bits per heavy atom. The summed E-state index contributed by atoms with van der Waals surface area (Å²) in [5, 5.41) is 3.47. The van der Waals surface area contributed by atoms with Crippen molar-refractivity contribution < 1.29 is 9.59 Å². The molecule has 2 heterocycles. The number of carbonyl (C=O) groups is 2. The van der Waals surface area contributed by atoms with Gasteiger partial charge in [-0.2, -0.15) is 0 Å². The van der Waals surface area contributed by atoms with E-state index in [1.54, 1.807) is 41.6 Å². The van der Waals surface area contributed by atoms with Crippen molar-refractivity contribution in [1.29, 1.82) is 0 Å². The first kappa shape index (κ1) is 21.5. The third-order valence-corrected chi connectivity index (χ3v) is 5.90. The zero-order chi connectivity index (χ0) is 20.6. The summed E-state index contributed by atoms with van der Waals surface area (Å²) in [4.78, 5) is 30.8. The van der Waals surface area contributed by atoms with Gasteiger partial charge < -0.3 is 5.32 Å². The van der Waals surface area contributed by atoms with Crippen LogP contribution in [0, 0.1) is 0 Å². The highest BCUT2D eigenvalue weighted by Gasteiger charge is 2.31. The van der Waals surface area contributed by atoms with E-state index < -0.39 is 0 Å². The molecule has 8 heteroatoms. The number of unbranched alkanes of at least 4 members (excludes halogenated alkanes) is 2. The van der Waals surface area contributed by atoms with E-state index in [1.165, 1.54) is 11.8 Å². The predicted octanol–water partition coefficient (Wildman–Crippen LogP) is 5.14. The van der Waals surface area contributed by atoms with Gasteiger partial charge in [0, 0.05) is 24.2 Å². The van der Waals surface area contributed by atoms with Crippen molar-refractivity contribution in [2.45, 2.75) is 25.7 Å². The summed E-state index contributed by atoms with van der Waals surface area (Å²) < 4.78 is 0.574. The highest BCUT2D eigenvalue weighted by Crippen LogP contribution is 2.32. The number of hydrogen-bond donors (Lipinski definition) is 1. The SMILES string of the molecule is O=C(CCCCCN1C(=O)C(=Cc2ccc(Cl)cc2)SC1=S)Nc1cccnc1. The Hall–Kier alpha value is -2.22. The summed E-state index contributed by atoms with van der Waals surface area (Å²) in [5.74, 6) is -0.0984. The quantitative estimate of drug-likeness (QED) is 0.346. The van der Waals surface area contributed by atoms with Crippen LogP contribution in [-0.2, 0) is 9.59 Å². The maximum atomic E-state index is 12.6. The molecule has 1 saturated heterocycles. The topological polar surface area (TPSA) is 62.3 Å². The van der Waals surface area contributed by atoms with Crippen LogP contribution in [0.2, 0.25) is 5.02 Å². The number of carbonyl (C=O) groups excluding carboxylic acids is 2. The number of hydrogen-bond acceptors (Lipinski definition) is 5. The predicted molar refractivity (Wildman–Crippen MR) is 123 cm³/mol. The highest BCUT2D eigenvalue weighted by molar-refractivity contribution is 8.26. The third-order valence-electron chi connectivity index (χ3n) is 4.27. The number of nitrogens with one attached hydrogen (secondary N) is 1. The zero-order valence-electron chi connectivity index (χ0n) is 15.6. The molecule has 0 atom stereocenters. The largest absolute Gasteiger partial charge is 0.325 e. The second-order valence-corrected chi connectivity index (χ2v) is 8.60. The number of nitrogens with zero attached hydrogens (tertiary/aromatic N) is 2. The number of rotatable bonds is 8. The molecule has 3 rings (SSSR count). The molecule has 2 amide bonds. The van der Waals surface area contributed by atoms with E-state index in [-0.39, 0.29) is 11.8 Å². The lowest BCUT2D eigenvalue weighted by Crippen LogP contribution is -2.29. The van der Waals surface area contributed by atoms with Gasteiger partial charge in [-0.1, -0.05) is 54.1 Å². The fourth-order valence-corrected chi connectivity index (χ4v) is 4.23. The second-order valence-electron chi connectivity index (χ2n) is 6.49. The summed E-state index contributed by atoms with van der Waals surface area (Å²) in [7, 11) is 0. The van der Waals surface area contributed by atoms with Crippen LogP contribution in [0.4, 0.5) is 5.69 Å². The van der Waals surface area contributed by atoms with E-state index in [4.69, 9.17) is 23.8 Å². The van der Waals surface area contributed by atoms with Crippen LogP contribution in [0.25, 0.3) is 6.08 Å². The fourth-order valence-electron chi connectivity index (χ4n) is 2.80. The summed E-state index contributed by atoms with van der Waals surface area (Å²) in [6, 6.07) is 10.9. The van der Waals surface area contributed by atoms with Crippen molar-refractivity contribution in [1.82, 2.24) is 9.88 Å². The molecule has 1 fully saturated rings. The van der Waals surface area contributed by atoms with Crippen LogP contribution in [0.1, 0.15) is 31.2 Å². The van der Waals surface area contributed by atoms with Crippen molar-refractivity contribution in [2.24, 2.45) is 0 Å². The van der Waals surface area contributed by atoms with Gasteiger partial charge >= 0.3 is 0 Å². The van der Waals surface area contributed by atoms with Crippen molar-refractivity contribution in [3.05, 3.63) is 64.3 Å². The summed E-state index contributed by atoms with van der Waals surface area (Å²) in [6.45, 7) is 0.562. The molecule has 1 aliphatic rings. The van der Waals surface area contributed by atoms with Crippen LogP contribution in [0.5, 0.6) is 0 Å². The number of pyridine rings is 1. The molecule has 0 bridgehead atoms. The van der Waals surface area contributed by atoms with Crippen LogP contribution in [0.15, 0.2) is 53.7 Å². The standard InChI is InChI=1S/C21H20ClN3O2S2/c22-16-9-7-15(8-10-16)13-18-20(27)25(21(28)29-18)12-3-1-2-6-19(26)24-17-5-4-11-23-14-17/h4-5,7-11,13-14H,1-3,6,12H2,(H,24,26). The first-order valence-electron chi connectivity index (χ1n) is 9.24. The summed E-state index contributed by atoms with van der Waals surface area (Å²) in [5.41, 5.74) is 1.61. The maximum absolute atomic E-state index is 12.6. The molecule has 29 heavy (non-hydrogen) atoms. The van der Waals surface area contributed by atoms with Gasteiger partial charge in [-0.15, -0.1) is 0 Å². The Bertz CT molecular complexity index is 917. The lowest BCUT2D eigenvalue weighted by atomic mass is 10.1. The van der Waals surface area contributed by atoms with Crippen LogP contribution < -0.4 is 5.32 Å². The smallest absolute Gasteiger partial charge is 0.266 e. The van der Waals surface area contributed by atoms with Gasteiger partial charge in [0.2, 0.25) is 5.91 Å². The van der Waals surface area contributed by atoms with Crippen molar-refractivity contribution in [3.8, 4) is 0 Å². The van der Waals surface area contributed by atoms with Gasteiger partial charge in [0.1, 0.15) is 4.32 Å². The average molecular weight is 446 g/mol. The van der Waals surface area contributed by atoms with Crippen LogP contribution >= 0.6 is 35.6 Å². The van der Waals surface area contributed by atoms with E-state index in [0.29, 0.717) is 32.9 Å². The number of anilines is 1. The van der Waals surface area contributed by atoms with Crippen molar-refractivity contribution in [2.75, 3.05) is 11.9 Å². The Morgan fingerprint density at radius 1 is 1.21 bits per heavy atom. The van der Waals surface area contributed by atoms with Gasteiger partial charge in [0.15, 0.2) is 0 Å². The molecule has 0 saturated carbocycles. The number of benzene rings is 1. The molecular formula is C21H20ClN3O2S2. The fraction of sp³-hybridized carbons (Fsp3) is 0.238. The number of amides is 2. The van der Waals surface area contributed by atoms with E-state index in [2.05, 4.69) is 10.3 Å². The number of thioether (sulfide) groups is 1. The maximum Gasteiger partial charge on any atom is 0.266 e. The summed E-state index contributed by atoms with van der Waals surface area (Å²) in [6.07, 6.45) is 7.93. The first-order valence-corrected chi connectivity index (χ1v) is 10.8. The molecule has 5 nitrogen and oxygen atoms in total. The average Bonchev–Trinajstić information content (AvgIpc) is 2.97. The number of halogens is 1. The molecule has 0 spiro atoms. The zero-order valence-corrected chi connectivity index (χ0v) is 18.0. The van der Waals surface area contributed by atoms with Gasteiger partial charge in [0.25, 0.3) is 5.91 Å². The molecule has 0 aliphatic carbocycles. The third kappa shape index (κ3) is 6.39. The Balaban J connectivity index is 1.41. The lowest BCUT2D eigenvalue weighted by molar-refractivity contribution is -0.122. The molecule has 0 radical (unpaired) electrons. The molecule has 150 valence electrons. The molecule has 0 unspecified atom stereocenters. The highest BCUT2D eigenvalue weighted by atomic mass is 35.5. The Kier molecular flexibility index (Phi) is 7.80. The minimum Gasteiger partial charge on any atom is -0.325 e. The summed E-state index contributed by atoms with van der Waals surface area (Å²) >= 11 is 12.6. The first-order chi connectivity index (χ1) is 14.0. The van der Waals surface area contributed by atoms with E-state index >= 15 is 0 Å². The molecular weight excluding hydrogens is 426 g/mol. The minimum atomic E-state index is -0.0655. The molecule has 1 N–H and O–H groups in total. The molecule has 1 aromatic carbocycles. The second kappa shape index (κ2) is 10.5. The number of aromatic nitrogens is 1. The Labute approximate surface area is 184 Å². The van der Waals surface area contributed by atoms with Gasteiger partial charge in [0.05, 0.1) is 16.8 Å². The van der Waals surface area contributed by atoms with Gasteiger partial charge in [-0.25, -0.2) is 0 Å². The van der Waals surface area contributed by atoms with Gasteiger partial charge in [-0.3, -0.25) is 19.5 Å².